The van der Waals surface area contributed by atoms with Gasteiger partial charge in [-0.25, -0.2) is 9.97 Å². The number of aryl methyl sites for hydroxylation is 2. The molecule has 2 aromatic rings. The van der Waals surface area contributed by atoms with Gasteiger partial charge in [-0.1, -0.05) is 0 Å². The summed E-state index contributed by atoms with van der Waals surface area (Å²) in [6, 6.07) is 2.15. The van der Waals surface area contributed by atoms with Crippen LogP contribution in [-0.4, -0.2) is 14.4 Å². The van der Waals surface area contributed by atoms with Crippen LogP contribution in [0.5, 0.6) is 0 Å². The van der Waals surface area contributed by atoms with Gasteiger partial charge >= 0.3 is 0 Å². The number of imidazole rings is 1. The Morgan fingerprint density at radius 1 is 1.00 bits per heavy atom. The highest BCUT2D eigenvalue weighted by Crippen LogP contribution is 2.60. The van der Waals surface area contributed by atoms with Crippen LogP contribution in [0.25, 0.3) is 5.78 Å². The van der Waals surface area contributed by atoms with E-state index in [4.69, 9.17) is 4.98 Å². The molecule has 0 N–H and O–H groups in total. The zero-order valence-corrected chi connectivity index (χ0v) is 13.0. The molecular formula is C18H23N3. The lowest BCUT2D eigenvalue weighted by Gasteiger charge is -2.56. The highest BCUT2D eigenvalue weighted by atomic mass is 15.1. The summed E-state index contributed by atoms with van der Waals surface area (Å²) in [5.74, 6) is 3.81. The number of rotatable bonds is 1. The lowest BCUT2D eigenvalue weighted by molar-refractivity contribution is -0.00698. The van der Waals surface area contributed by atoms with Crippen LogP contribution in [0.2, 0.25) is 0 Å². The largest absolute Gasteiger partial charge is 0.288 e. The Morgan fingerprint density at radius 2 is 1.62 bits per heavy atom. The Bertz CT molecular complexity index is 692. The maximum Gasteiger partial charge on any atom is 0.234 e. The van der Waals surface area contributed by atoms with Crippen LogP contribution >= 0.6 is 0 Å². The third-order valence-electron chi connectivity index (χ3n) is 6.34. The van der Waals surface area contributed by atoms with Crippen LogP contribution in [-0.2, 0) is 5.41 Å². The second-order valence-electron chi connectivity index (χ2n) is 8.03. The minimum absolute atomic E-state index is 0.378. The first kappa shape index (κ1) is 12.2. The number of hydrogen-bond donors (Lipinski definition) is 0. The Morgan fingerprint density at radius 3 is 2.24 bits per heavy atom. The molecule has 0 amide bonds. The van der Waals surface area contributed by atoms with Crippen LogP contribution in [0.15, 0.2) is 12.3 Å². The van der Waals surface area contributed by atoms with Gasteiger partial charge in [0.25, 0.3) is 0 Å². The van der Waals surface area contributed by atoms with E-state index in [2.05, 4.69) is 35.5 Å². The summed E-state index contributed by atoms with van der Waals surface area (Å²) in [6.07, 6.45) is 10.9. The standard InChI is InChI=1S/C18H23N3/c1-11-3-12(2)21-10-16(20-17(21)19-11)18-7-13-4-14(8-18)6-15(5-13)9-18/h3,10,13-15H,4-9H2,1-2H3. The Labute approximate surface area is 125 Å². The summed E-state index contributed by atoms with van der Waals surface area (Å²) in [5.41, 5.74) is 4.04. The van der Waals surface area contributed by atoms with E-state index in [0.717, 1.165) is 29.2 Å². The summed E-state index contributed by atoms with van der Waals surface area (Å²) < 4.78 is 2.20. The van der Waals surface area contributed by atoms with Gasteiger partial charge < -0.3 is 0 Å². The Balaban J connectivity index is 1.65. The van der Waals surface area contributed by atoms with Gasteiger partial charge in [0.05, 0.1) is 5.69 Å². The highest BCUT2D eigenvalue weighted by Gasteiger charge is 2.52. The van der Waals surface area contributed by atoms with E-state index < -0.39 is 0 Å². The summed E-state index contributed by atoms with van der Waals surface area (Å²) in [7, 11) is 0. The molecule has 4 bridgehead atoms. The summed E-state index contributed by atoms with van der Waals surface area (Å²) in [5, 5.41) is 0. The molecule has 4 aliphatic rings. The van der Waals surface area contributed by atoms with Crippen LogP contribution < -0.4 is 0 Å². The molecule has 0 spiro atoms. The highest BCUT2D eigenvalue weighted by molar-refractivity contribution is 5.38. The zero-order chi connectivity index (χ0) is 14.2. The third kappa shape index (κ3) is 1.66. The maximum absolute atomic E-state index is 4.98. The van der Waals surface area contributed by atoms with Gasteiger partial charge in [-0.3, -0.25) is 4.40 Å². The van der Waals surface area contributed by atoms with Crippen LogP contribution in [0.1, 0.15) is 55.6 Å². The second kappa shape index (κ2) is 3.88. The summed E-state index contributed by atoms with van der Waals surface area (Å²) >= 11 is 0. The smallest absolute Gasteiger partial charge is 0.234 e. The van der Waals surface area contributed by atoms with Crippen molar-refractivity contribution in [3.05, 3.63) is 29.3 Å². The lowest BCUT2D eigenvalue weighted by atomic mass is 9.49. The molecule has 0 atom stereocenters. The van der Waals surface area contributed by atoms with Crippen molar-refractivity contribution >= 4 is 5.78 Å². The minimum Gasteiger partial charge on any atom is -0.288 e. The lowest BCUT2D eigenvalue weighted by Crippen LogP contribution is -2.48. The maximum atomic E-state index is 4.98. The second-order valence-corrected chi connectivity index (χ2v) is 8.03. The van der Waals surface area contributed by atoms with Crippen molar-refractivity contribution in [1.29, 1.82) is 0 Å². The van der Waals surface area contributed by atoms with E-state index >= 15 is 0 Å². The SMILES string of the molecule is Cc1cc(C)n2cc(C34CC5CC(CC(C5)C3)C4)nc2n1. The number of fused-ring (bicyclic) bond motifs is 1. The van der Waals surface area contributed by atoms with E-state index in [1.165, 1.54) is 49.9 Å². The minimum atomic E-state index is 0.378. The van der Waals surface area contributed by atoms with Crippen molar-refractivity contribution in [3.63, 3.8) is 0 Å². The van der Waals surface area contributed by atoms with Crippen LogP contribution in [0.4, 0.5) is 0 Å². The van der Waals surface area contributed by atoms with E-state index in [1.807, 2.05) is 0 Å². The molecule has 0 saturated heterocycles. The molecule has 4 aliphatic carbocycles. The number of hydrogen-bond acceptors (Lipinski definition) is 2. The van der Waals surface area contributed by atoms with Crippen molar-refractivity contribution in [2.45, 2.75) is 57.8 Å². The van der Waals surface area contributed by atoms with Gasteiger partial charge in [-0.05, 0) is 76.2 Å². The quantitative estimate of drug-likeness (QED) is 0.795. The predicted molar refractivity (Wildman–Crippen MR) is 82.3 cm³/mol. The van der Waals surface area contributed by atoms with Gasteiger partial charge in [0.2, 0.25) is 5.78 Å². The molecule has 110 valence electrons. The van der Waals surface area contributed by atoms with Crippen molar-refractivity contribution in [1.82, 2.24) is 14.4 Å². The first-order chi connectivity index (χ1) is 10.1. The molecule has 0 aromatic carbocycles. The summed E-state index contributed by atoms with van der Waals surface area (Å²) in [6.45, 7) is 4.22. The Hall–Kier alpha value is -1.38. The Kier molecular flexibility index (Phi) is 2.25. The molecule has 3 heteroatoms. The fraction of sp³-hybridized carbons (Fsp3) is 0.667. The predicted octanol–water partition coefficient (Wildman–Crippen LogP) is 3.81. The molecule has 6 rings (SSSR count). The van der Waals surface area contributed by atoms with Gasteiger partial charge in [0.1, 0.15) is 0 Å². The summed E-state index contributed by atoms with van der Waals surface area (Å²) in [4.78, 5) is 9.61. The molecule has 0 unspecified atom stereocenters. The van der Waals surface area contributed by atoms with Gasteiger partial charge in [0.15, 0.2) is 0 Å². The van der Waals surface area contributed by atoms with Crippen molar-refractivity contribution in [2.24, 2.45) is 17.8 Å². The fourth-order valence-corrected chi connectivity index (χ4v) is 5.95. The molecule has 4 fully saturated rings. The first-order valence-corrected chi connectivity index (χ1v) is 8.45. The van der Waals surface area contributed by atoms with E-state index in [1.54, 1.807) is 0 Å². The number of nitrogens with zero attached hydrogens (tertiary/aromatic N) is 3. The van der Waals surface area contributed by atoms with E-state index in [9.17, 15) is 0 Å². The normalized spacial score (nSPS) is 37.5. The molecule has 3 nitrogen and oxygen atoms in total. The monoisotopic (exact) mass is 281 g/mol. The molecule has 4 saturated carbocycles. The molecule has 0 aliphatic heterocycles. The zero-order valence-electron chi connectivity index (χ0n) is 13.0. The van der Waals surface area contributed by atoms with Gasteiger partial charge in [0, 0.05) is 23.0 Å². The molecule has 21 heavy (non-hydrogen) atoms. The molecule has 2 aromatic heterocycles. The topological polar surface area (TPSA) is 30.2 Å². The molecule has 0 radical (unpaired) electrons. The van der Waals surface area contributed by atoms with Crippen molar-refractivity contribution in [2.75, 3.05) is 0 Å². The van der Waals surface area contributed by atoms with Crippen molar-refractivity contribution < 1.29 is 0 Å². The average molecular weight is 281 g/mol. The average Bonchev–Trinajstić information content (AvgIpc) is 2.82. The van der Waals surface area contributed by atoms with Gasteiger partial charge in [-0.15, -0.1) is 0 Å². The van der Waals surface area contributed by atoms with Crippen LogP contribution in [0.3, 0.4) is 0 Å². The third-order valence-corrected chi connectivity index (χ3v) is 6.34. The molecular weight excluding hydrogens is 258 g/mol. The van der Waals surface area contributed by atoms with E-state index in [0.29, 0.717) is 5.41 Å². The molecule has 2 heterocycles. The fourth-order valence-electron chi connectivity index (χ4n) is 5.95. The van der Waals surface area contributed by atoms with E-state index in [-0.39, 0.29) is 0 Å². The van der Waals surface area contributed by atoms with Crippen molar-refractivity contribution in [3.8, 4) is 0 Å². The van der Waals surface area contributed by atoms with Gasteiger partial charge in [-0.2, -0.15) is 0 Å². The first-order valence-electron chi connectivity index (χ1n) is 8.45. The number of aromatic nitrogens is 3. The van der Waals surface area contributed by atoms with Crippen LogP contribution in [0, 0.1) is 31.6 Å².